The van der Waals surface area contributed by atoms with E-state index < -0.39 is 0 Å². The van der Waals surface area contributed by atoms with Gasteiger partial charge in [0.05, 0.1) is 17.1 Å². The average Bonchev–Trinajstić information content (AvgIpc) is 3.21. The van der Waals surface area contributed by atoms with Gasteiger partial charge < -0.3 is 14.1 Å². The lowest BCUT2D eigenvalue weighted by Crippen LogP contribution is -2.41. The van der Waals surface area contributed by atoms with Gasteiger partial charge in [-0.3, -0.25) is 4.79 Å². The Hall–Kier alpha value is -2.50. The van der Waals surface area contributed by atoms with E-state index in [-0.39, 0.29) is 18.4 Å². The van der Waals surface area contributed by atoms with Crippen LogP contribution in [-0.4, -0.2) is 35.5 Å². The van der Waals surface area contributed by atoms with E-state index in [9.17, 15) is 4.79 Å². The van der Waals surface area contributed by atoms with E-state index in [1.165, 1.54) is 0 Å². The van der Waals surface area contributed by atoms with Crippen LogP contribution in [0.3, 0.4) is 0 Å². The fraction of sp³-hybridized carbons (Fsp3) is 0.304. The first-order valence-corrected chi connectivity index (χ1v) is 10.7. The van der Waals surface area contributed by atoms with Crippen LogP contribution in [0.15, 0.2) is 59.1 Å². The van der Waals surface area contributed by atoms with Crippen LogP contribution in [0.5, 0.6) is 5.75 Å². The number of oxazole rings is 1. The summed E-state index contributed by atoms with van der Waals surface area (Å²) in [4.78, 5) is 18.9. The molecule has 0 aliphatic carbocycles. The fourth-order valence-electron chi connectivity index (χ4n) is 3.64. The molecule has 0 spiro atoms. The molecule has 2 aromatic carbocycles. The Morgan fingerprint density at radius 3 is 2.90 bits per heavy atom. The molecule has 1 fully saturated rings. The fourth-order valence-corrected chi connectivity index (χ4v) is 4.04. The first-order chi connectivity index (χ1) is 14.6. The SMILES string of the molecule is O=C(COc1ccccc1Cl)N1CCC[C@@H](c2ncc(Cc3cccc(Cl)c3)o2)C1. The van der Waals surface area contributed by atoms with Crippen LogP contribution in [0.1, 0.15) is 36.0 Å². The number of nitrogens with zero attached hydrogens (tertiary/aromatic N) is 2. The number of carbonyl (C=O) groups excluding carboxylic acids is 1. The van der Waals surface area contributed by atoms with E-state index in [4.69, 9.17) is 32.4 Å². The van der Waals surface area contributed by atoms with Gasteiger partial charge in [0.25, 0.3) is 5.91 Å². The number of rotatable bonds is 6. The maximum Gasteiger partial charge on any atom is 0.260 e. The molecule has 0 radical (unpaired) electrons. The lowest BCUT2D eigenvalue weighted by molar-refractivity contribution is -0.134. The maximum atomic E-state index is 12.6. The summed E-state index contributed by atoms with van der Waals surface area (Å²) in [5.74, 6) is 2.00. The van der Waals surface area contributed by atoms with Crippen molar-refractivity contribution in [1.29, 1.82) is 0 Å². The van der Waals surface area contributed by atoms with Crippen molar-refractivity contribution in [1.82, 2.24) is 9.88 Å². The van der Waals surface area contributed by atoms with Crippen LogP contribution < -0.4 is 4.74 Å². The first kappa shape index (κ1) is 20.8. The van der Waals surface area contributed by atoms with Crippen molar-refractivity contribution in [3.63, 3.8) is 0 Å². The molecule has 1 atom stereocenters. The Balaban J connectivity index is 1.35. The minimum Gasteiger partial charge on any atom is -0.482 e. The molecule has 0 N–H and O–H groups in total. The summed E-state index contributed by atoms with van der Waals surface area (Å²) in [6.45, 7) is 1.24. The molecule has 1 aliphatic heterocycles. The number of amides is 1. The van der Waals surface area contributed by atoms with E-state index >= 15 is 0 Å². The van der Waals surface area contributed by atoms with Gasteiger partial charge in [0, 0.05) is 24.5 Å². The molecular weight excluding hydrogens is 423 g/mol. The van der Waals surface area contributed by atoms with Crippen LogP contribution in [0.2, 0.25) is 10.0 Å². The molecule has 1 aromatic heterocycles. The molecule has 7 heteroatoms. The number of hydrogen-bond acceptors (Lipinski definition) is 4. The Kier molecular flexibility index (Phi) is 6.60. The lowest BCUT2D eigenvalue weighted by atomic mass is 9.98. The highest BCUT2D eigenvalue weighted by molar-refractivity contribution is 6.32. The zero-order valence-corrected chi connectivity index (χ0v) is 17.9. The Morgan fingerprint density at radius 1 is 1.20 bits per heavy atom. The number of likely N-dealkylation sites (tertiary alicyclic amines) is 1. The van der Waals surface area contributed by atoms with Crippen molar-refractivity contribution < 1.29 is 13.9 Å². The third-order valence-electron chi connectivity index (χ3n) is 5.15. The van der Waals surface area contributed by atoms with Gasteiger partial charge >= 0.3 is 0 Å². The van der Waals surface area contributed by atoms with Crippen molar-refractivity contribution in [3.05, 3.63) is 82.0 Å². The summed E-state index contributed by atoms with van der Waals surface area (Å²) in [6.07, 6.45) is 4.23. The monoisotopic (exact) mass is 444 g/mol. The minimum atomic E-state index is -0.0645. The second-order valence-electron chi connectivity index (χ2n) is 7.37. The predicted molar refractivity (Wildman–Crippen MR) is 116 cm³/mol. The van der Waals surface area contributed by atoms with Crippen LogP contribution in [0.4, 0.5) is 0 Å². The summed E-state index contributed by atoms with van der Waals surface area (Å²) < 4.78 is 11.6. The maximum absolute atomic E-state index is 12.6. The standard InChI is InChI=1S/C23H22Cl2N2O3/c24-18-7-3-5-16(11-18)12-19-13-26-23(30-19)17-6-4-10-27(14-17)22(28)15-29-21-9-2-1-8-20(21)25/h1-3,5,7-9,11,13,17H,4,6,10,12,14-15H2/t17-/m1/s1. The van der Waals surface area contributed by atoms with Crippen molar-refractivity contribution in [2.45, 2.75) is 25.2 Å². The molecule has 1 aliphatic rings. The largest absolute Gasteiger partial charge is 0.482 e. The number of carbonyl (C=O) groups is 1. The normalized spacial score (nSPS) is 16.5. The van der Waals surface area contributed by atoms with Gasteiger partial charge in [0.15, 0.2) is 12.5 Å². The number of benzene rings is 2. The molecule has 1 saturated heterocycles. The van der Waals surface area contributed by atoms with Gasteiger partial charge in [-0.25, -0.2) is 4.98 Å². The molecule has 1 amide bonds. The number of para-hydroxylation sites is 1. The van der Waals surface area contributed by atoms with Crippen molar-refractivity contribution in [2.24, 2.45) is 0 Å². The van der Waals surface area contributed by atoms with Crippen LogP contribution in [0, 0.1) is 0 Å². The van der Waals surface area contributed by atoms with Gasteiger partial charge in [0.2, 0.25) is 0 Å². The molecule has 156 valence electrons. The number of halogens is 2. The minimum absolute atomic E-state index is 0.0396. The summed E-state index contributed by atoms with van der Waals surface area (Å²) in [5, 5.41) is 1.20. The quantitative estimate of drug-likeness (QED) is 0.513. The molecule has 4 rings (SSSR count). The molecule has 0 bridgehead atoms. The average molecular weight is 445 g/mol. The molecule has 2 heterocycles. The highest BCUT2D eigenvalue weighted by Crippen LogP contribution is 2.28. The molecule has 5 nitrogen and oxygen atoms in total. The highest BCUT2D eigenvalue weighted by atomic mass is 35.5. The number of ether oxygens (including phenoxy) is 1. The van der Waals surface area contributed by atoms with Crippen LogP contribution in [-0.2, 0) is 11.2 Å². The molecule has 0 saturated carbocycles. The third kappa shape index (κ3) is 5.15. The zero-order valence-electron chi connectivity index (χ0n) is 16.4. The van der Waals surface area contributed by atoms with Gasteiger partial charge in [-0.15, -0.1) is 0 Å². The van der Waals surface area contributed by atoms with Gasteiger partial charge in [-0.2, -0.15) is 0 Å². The van der Waals surface area contributed by atoms with Crippen molar-refractivity contribution in [3.8, 4) is 5.75 Å². The van der Waals surface area contributed by atoms with Crippen LogP contribution >= 0.6 is 23.2 Å². The van der Waals surface area contributed by atoms with E-state index in [0.29, 0.717) is 41.2 Å². The van der Waals surface area contributed by atoms with Crippen LogP contribution in [0.25, 0.3) is 0 Å². The van der Waals surface area contributed by atoms with E-state index in [0.717, 1.165) is 24.2 Å². The van der Waals surface area contributed by atoms with E-state index in [1.807, 2.05) is 41.3 Å². The van der Waals surface area contributed by atoms with Gasteiger partial charge in [0.1, 0.15) is 11.5 Å². The number of piperidine rings is 1. The zero-order chi connectivity index (χ0) is 20.9. The highest BCUT2D eigenvalue weighted by Gasteiger charge is 2.28. The van der Waals surface area contributed by atoms with E-state index in [1.54, 1.807) is 18.3 Å². The number of aromatic nitrogens is 1. The molecular formula is C23H22Cl2N2O3. The third-order valence-corrected chi connectivity index (χ3v) is 5.70. The Bertz CT molecular complexity index is 1020. The summed E-state index contributed by atoms with van der Waals surface area (Å²) in [6, 6.07) is 14.8. The van der Waals surface area contributed by atoms with Gasteiger partial charge in [-0.05, 0) is 42.7 Å². The van der Waals surface area contributed by atoms with Crippen molar-refractivity contribution >= 4 is 29.1 Å². The summed E-state index contributed by atoms with van der Waals surface area (Å²) in [5.41, 5.74) is 1.07. The summed E-state index contributed by atoms with van der Waals surface area (Å²) >= 11 is 12.1. The molecule has 3 aromatic rings. The Labute approximate surface area is 185 Å². The second-order valence-corrected chi connectivity index (χ2v) is 8.21. The van der Waals surface area contributed by atoms with Gasteiger partial charge in [-0.1, -0.05) is 47.5 Å². The topological polar surface area (TPSA) is 55.6 Å². The first-order valence-electron chi connectivity index (χ1n) is 9.92. The molecule has 0 unspecified atom stereocenters. The lowest BCUT2D eigenvalue weighted by Gasteiger charge is -2.31. The second kappa shape index (κ2) is 9.54. The van der Waals surface area contributed by atoms with Crippen molar-refractivity contribution in [2.75, 3.05) is 19.7 Å². The molecule has 30 heavy (non-hydrogen) atoms. The Morgan fingerprint density at radius 2 is 2.07 bits per heavy atom. The number of hydrogen-bond donors (Lipinski definition) is 0. The predicted octanol–water partition coefficient (Wildman–Crippen LogP) is 5.36. The smallest absolute Gasteiger partial charge is 0.260 e. The van der Waals surface area contributed by atoms with E-state index in [2.05, 4.69) is 4.98 Å². The summed E-state index contributed by atoms with van der Waals surface area (Å²) in [7, 11) is 0.